The Morgan fingerprint density at radius 2 is 1.56 bits per heavy atom. The molecule has 1 unspecified atom stereocenters. The molecule has 0 radical (unpaired) electrons. The number of esters is 1. The van der Waals surface area contributed by atoms with Crippen molar-refractivity contribution in [1.82, 2.24) is 5.32 Å². The van der Waals surface area contributed by atoms with Crippen molar-refractivity contribution < 1.29 is 19.1 Å². The molecule has 3 rings (SSSR count). The fourth-order valence-corrected chi connectivity index (χ4v) is 4.63. The Kier molecular flexibility index (Phi) is 11.6. The molecular formula is C34H43NO4. The monoisotopic (exact) mass is 529 g/mol. The molecule has 1 N–H and O–H groups in total. The van der Waals surface area contributed by atoms with Gasteiger partial charge in [-0.1, -0.05) is 82.5 Å². The van der Waals surface area contributed by atoms with Crippen molar-refractivity contribution in [1.29, 1.82) is 0 Å². The highest BCUT2D eigenvalue weighted by atomic mass is 16.5. The van der Waals surface area contributed by atoms with E-state index in [0.29, 0.717) is 11.5 Å². The minimum atomic E-state index is -0.346. The van der Waals surface area contributed by atoms with Crippen LogP contribution in [0.2, 0.25) is 0 Å². The number of aryl methyl sites for hydroxylation is 1. The van der Waals surface area contributed by atoms with E-state index in [0.717, 1.165) is 24.2 Å². The highest BCUT2D eigenvalue weighted by molar-refractivity contribution is 5.94. The number of ether oxygens (including phenoxy) is 2. The molecule has 5 nitrogen and oxygen atoms in total. The predicted octanol–water partition coefficient (Wildman–Crippen LogP) is 8.17. The van der Waals surface area contributed by atoms with Gasteiger partial charge in [-0.15, -0.1) is 0 Å². The Hall–Kier alpha value is -3.60. The van der Waals surface area contributed by atoms with Crippen LogP contribution in [0.3, 0.4) is 0 Å². The van der Waals surface area contributed by atoms with Crippen LogP contribution in [0.15, 0.2) is 66.7 Å². The number of unbranched alkanes of at least 4 members (excludes halogenated alkanes) is 3. The lowest BCUT2D eigenvalue weighted by Gasteiger charge is -2.21. The smallest absolute Gasteiger partial charge is 0.307 e. The van der Waals surface area contributed by atoms with Crippen LogP contribution in [0.25, 0.3) is 11.1 Å². The first kappa shape index (κ1) is 29.9. The van der Waals surface area contributed by atoms with E-state index >= 15 is 0 Å². The van der Waals surface area contributed by atoms with Crippen LogP contribution in [-0.2, 0) is 9.53 Å². The summed E-state index contributed by atoms with van der Waals surface area (Å²) in [6.07, 6.45) is 5.59. The van der Waals surface area contributed by atoms with Gasteiger partial charge in [-0.3, -0.25) is 9.59 Å². The van der Waals surface area contributed by atoms with Gasteiger partial charge in [0.15, 0.2) is 0 Å². The van der Waals surface area contributed by atoms with Crippen LogP contribution in [-0.4, -0.2) is 25.5 Å². The Balaban J connectivity index is 1.72. The molecule has 0 saturated heterocycles. The number of carbonyl (C=O) groups excluding carboxylic acids is 2. The molecule has 0 spiro atoms. The number of benzene rings is 3. The molecule has 1 amide bonds. The third kappa shape index (κ3) is 8.98. The normalized spacial score (nSPS) is 11.7. The fourth-order valence-electron chi connectivity index (χ4n) is 4.63. The zero-order valence-corrected chi connectivity index (χ0v) is 24.1. The standard InChI is InChI=1S/C34H43NO4/c1-6-7-8-9-10-32(28-15-17-29(18-16-28)34(37)35-22-21-33(36)38-5)39-30-19-20-31(25(4)23-30)27-13-11-26(12-14-27)24(2)3/h11-20,23-24,32H,6-10,21-22H2,1-5H3,(H,35,37). The Morgan fingerprint density at radius 1 is 0.872 bits per heavy atom. The average molecular weight is 530 g/mol. The number of amides is 1. The molecule has 0 fully saturated rings. The van der Waals surface area contributed by atoms with Crippen LogP contribution >= 0.6 is 0 Å². The third-order valence-corrected chi connectivity index (χ3v) is 7.07. The molecule has 0 saturated carbocycles. The van der Waals surface area contributed by atoms with E-state index in [1.54, 1.807) is 0 Å². The summed E-state index contributed by atoms with van der Waals surface area (Å²) < 4.78 is 11.2. The van der Waals surface area contributed by atoms with Gasteiger partial charge in [0.05, 0.1) is 13.5 Å². The minimum absolute atomic E-state index is 0.103. The van der Waals surface area contributed by atoms with E-state index in [1.807, 2.05) is 24.3 Å². The topological polar surface area (TPSA) is 64.6 Å². The number of rotatable bonds is 14. The summed E-state index contributed by atoms with van der Waals surface area (Å²) in [4.78, 5) is 23.8. The first-order chi connectivity index (χ1) is 18.8. The van der Waals surface area contributed by atoms with Gasteiger partial charge in [0.2, 0.25) is 0 Å². The van der Waals surface area contributed by atoms with Crippen LogP contribution in [0.1, 0.15) is 98.4 Å². The molecule has 5 heteroatoms. The van der Waals surface area contributed by atoms with E-state index < -0.39 is 0 Å². The molecule has 3 aromatic rings. The van der Waals surface area contributed by atoms with E-state index in [4.69, 9.17) is 4.74 Å². The molecule has 0 aliphatic heterocycles. The number of methoxy groups -OCH3 is 1. The largest absolute Gasteiger partial charge is 0.486 e. The second-order valence-corrected chi connectivity index (χ2v) is 10.4. The molecule has 0 aliphatic rings. The van der Waals surface area contributed by atoms with Gasteiger partial charge in [0.25, 0.3) is 5.91 Å². The van der Waals surface area contributed by atoms with Gasteiger partial charge in [-0.05, 0) is 77.8 Å². The van der Waals surface area contributed by atoms with Crippen molar-refractivity contribution in [2.45, 2.75) is 78.2 Å². The molecule has 0 aliphatic carbocycles. The summed E-state index contributed by atoms with van der Waals surface area (Å²) in [6, 6.07) is 22.7. The molecule has 39 heavy (non-hydrogen) atoms. The second kappa shape index (κ2) is 15.1. The molecule has 3 aromatic carbocycles. The maximum atomic E-state index is 12.5. The summed E-state index contributed by atoms with van der Waals surface area (Å²) >= 11 is 0. The van der Waals surface area contributed by atoms with E-state index in [2.05, 4.69) is 80.2 Å². The van der Waals surface area contributed by atoms with Gasteiger partial charge in [-0.2, -0.15) is 0 Å². The van der Waals surface area contributed by atoms with Crippen molar-refractivity contribution in [3.63, 3.8) is 0 Å². The van der Waals surface area contributed by atoms with Crippen molar-refractivity contribution in [3.8, 4) is 16.9 Å². The fraction of sp³-hybridized carbons (Fsp3) is 0.412. The zero-order valence-electron chi connectivity index (χ0n) is 24.1. The highest BCUT2D eigenvalue weighted by Crippen LogP contribution is 2.32. The number of hydrogen-bond acceptors (Lipinski definition) is 4. The molecule has 1 atom stereocenters. The summed E-state index contributed by atoms with van der Waals surface area (Å²) in [7, 11) is 1.34. The molecule has 0 bridgehead atoms. The van der Waals surface area contributed by atoms with Crippen molar-refractivity contribution in [2.75, 3.05) is 13.7 Å². The van der Waals surface area contributed by atoms with E-state index in [1.165, 1.54) is 48.6 Å². The molecule has 0 heterocycles. The van der Waals surface area contributed by atoms with Gasteiger partial charge < -0.3 is 14.8 Å². The van der Waals surface area contributed by atoms with Crippen molar-refractivity contribution in [3.05, 3.63) is 89.0 Å². The molecular weight excluding hydrogens is 486 g/mol. The highest BCUT2D eigenvalue weighted by Gasteiger charge is 2.16. The quantitative estimate of drug-likeness (QED) is 0.169. The van der Waals surface area contributed by atoms with Crippen LogP contribution in [0, 0.1) is 6.92 Å². The summed E-state index contributed by atoms with van der Waals surface area (Å²) in [5, 5.41) is 2.76. The predicted molar refractivity (Wildman–Crippen MR) is 158 cm³/mol. The zero-order chi connectivity index (χ0) is 28.2. The summed E-state index contributed by atoms with van der Waals surface area (Å²) in [6.45, 7) is 9.00. The summed E-state index contributed by atoms with van der Waals surface area (Å²) in [5.41, 5.74) is 6.53. The third-order valence-electron chi connectivity index (χ3n) is 7.07. The Morgan fingerprint density at radius 3 is 2.18 bits per heavy atom. The SMILES string of the molecule is CCCCCCC(Oc1ccc(-c2ccc(C(C)C)cc2)c(C)c1)c1ccc(C(=O)NCCC(=O)OC)cc1. The van der Waals surface area contributed by atoms with Gasteiger partial charge in [0, 0.05) is 12.1 Å². The Labute approximate surface area is 233 Å². The lowest BCUT2D eigenvalue weighted by Crippen LogP contribution is -2.26. The molecule has 208 valence electrons. The first-order valence-electron chi connectivity index (χ1n) is 14.1. The average Bonchev–Trinajstić information content (AvgIpc) is 2.94. The first-order valence-corrected chi connectivity index (χ1v) is 14.1. The lowest BCUT2D eigenvalue weighted by molar-refractivity contribution is -0.140. The Bertz CT molecular complexity index is 1200. The van der Waals surface area contributed by atoms with Crippen molar-refractivity contribution >= 4 is 11.9 Å². The van der Waals surface area contributed by atoms with Crippen LogP contribution < -0.4 is 10.1 Å². The maximum absolute atomic E-state index is 12.5. The van der Waals surface area contributed by atoms with Crippen molar-refractivity contribution in [2.24, 2.45) is 0 Å². The lowest BCUT2D eigenvalue weighted by atomic mass is 9.96. The molecule has 0 aromatic heterocycles. The number of nitrogens with one attached hydrogen (secondary N) is 1. The maximum Gasteiger partial charge on any atom is 0.307 e. The summed E-state index contributed by atoms with van der Waals surface area (Å²) in [5.74, 6) is 0.805. The van der Waals surface area contributed by atoms with Gasteiger partial charge in [0.1, 0.15) is 11.9 Å². The van der Waals surface area contributed by atoms with Crippen LogP contribution in [0.5, 0.6) is 5.75 Å². The van der Waals surface area contributed by atoms with E-state index in [9.17, 15) is 9.59 Å². The minimum Gasteiger partial charge on any atom is -0.486 e. The second-order valence-electron chi connectivity index (χ2n) is 10.4. The number of carbonyl (C=O) groups is 2. The number of hydrogen-bond donors (Lipinski definition) is 1. The van der Waals surface area contributed by atoms with E-state index in [-0.39, 0.29) is 30.9 Å². The van der Waals surface area contributed by atoms with Crippen LogP contribution in [0.4, 0.5) is 0 Å². The van der Waals surface area contributed by atoms with Gasteiger partial charge in [-0.25, -0.2) is 0 Å². The van der Waals surface area contributed by atoms with Gasteiger partial charge >= 0.3 is 5.97 Å².